The number of hydrogen-bond donors (Lipinski definition) is 0. The third kappa shape index (κ3) is 4.38. The Hall–Kier alpha value is -1.79. The molecule has 1 aliphatic heterocycles. The second-order valence-corrected chi connectivity index (χ2v) is 8.45. The van der Waals surface area contributed by atoms with E-state index in [1.807, 2.05) is 36.1 Å². The zero-order valence-corrected chi connectivity index (χ0v) is 16.8. The fourth-order valence-electron chi connectivity index (χ4n) is 3.28. The first-order valence-corrected chi connectivity index (χ1v) is 9.84. The van der Waals surface area contributed by atoms with Crippen molar-refractivity contribution in [1.29, 1.82) is 0 Å². The number of benzene rings is 2. The van der Waals surface area contributed by atoms with Crippen molar-refractivity contribution in [1.82, 2.24) is 4.90 Å². The number of rotatable bonds is 5. The molecule has 0 bridgehead atoms. The van der Waals surface area contributed by atoms with Gasteiger partial charge in [0, 0.05) is 11.6 Å². The standard InChI is InChI=1S/C20H20ClF2NO2S/c1-11-8-15(9-12(2)17(11)26-20(22)23)19-24(18(25)13(3)27-19)10-14-4-6-16(21)7-5-14/h4-9,13,19-20H,10H2,1-3H3/t13-,19-/m1/s1. The lowest BCUT2D eigenvalue weighted by Crippen LogP contribution is -2.29. The van der Waals surface area contributed by atoms with Gasteiger partial charge in [-0.3, -0.25) is 4.79 Å². The summed E-state index contributed by atoms with van der Waals surface area (Å²) in [6.07, 6.45) is 0. The summed E-state index contributed by atoms with van der Waals surface area (Å²) in [5.41, 5.74) is 3.15. The summed E-state index contributed by atoms with van der Waals surface area (Å²) in [4.78, 5) is 14.5. The van der Waals surface area contributed by atoms with E-state index in [9.17, 15) is 13.6 Å². The largest absolute Gasteiger partial charge is 0.434 e. The Bertz CT molecular complexity index is 821. The molecule has 0 spiro atoms. The van der Waals surface area contributed by atoms with Gasteiger partial charge in [-0.2, -0.15) is 8.78 Å². The molecule has 0 aromatic heterocycles. The molecule has 0 radical (unpaired) electrons. The van der Waals surface area contributed by atoms with Crippen molar-refractivity contribution in [3.05, 3.63) is 63.7 Å². The molecule has 2 aromatic rings. The van der Waals surface area contributed by atoms with Crippen molar-refractivity contribution in [2.75, 3.05) is 0 Å². The van der Waals surface area contributed by atoms with Crippen molar-refractivity contribution in [2.45, 2.75) is 44.6 Å². The molecule has 0 N–H and O–H groups in total. The Morgan fingerprint density at radius 1 is 1.19 bits per heavy atom. The van der Waals surface area contributed by atoms with Crippen LogP contribution in [0.4, 0.5) is 8.78 Å². The van der Waals surface area contributed by atoms with Gasteiger partial charge in [0.15, 0.2) is 0 Å². The predicted octanol–water partition coefficient (Wildman–Crippen LogP) is 5.72. The highest BCUT2D eigenvalue weighted by molar-refractivity contribution is 8.01. The average Bonchev–Trinajstić information content (AvgIpc) is 2.88. The molecule has 1 amide bonds. The number of thioether (sulfide) groups is 1. The summed E-state index contributed by atoms with van der Waals surface area (Å²) in [7, 11) is 0. The van der Waals surface area contributed by atoms with E-state index in [1.165, 1.54) is 0 Å². The summed E-state index contributed by atoms with van der Waals surface area (Å²) in [6, 6.07) is 11.0. The van der Waals surface area contributed by atoms with Crippen LogP contribution in [-0.4, -0.2) is 22.7 Å². The van der Waals surface area contributed by atoms with Gasteiger partial charge in [0.2, 0.25) is 5.91 Å². The first-order chi connectivity index (χ1) is 12.8. The lowest BCUT2D eigenvalue weighted by Gasteiger charge is -2.25. The predicted molar refractivity (Wildman–Crippen MR) is 104 cm³/mol. The van der Waals surface area contributed by atoms with E-state index in [-0.39, 0.29) is 22.3 Å². The first-order valence-electron chi connectivity index (χ1n) is 8.52. The zero-order valence-electron chi connectivity index (χ0n) is 15.2. The molecule has 1 saturated heterocycles. The van der Waals surface area contributed by atoms with Crippen molar-refractivity contribution < 1.29 is 18.3 Å². The minimum Gasteiger partial charge on any atom is -0.434 e. The third-order valence-electron chi connectivity index (χ3n) is 4.49. The number of carbonyl (C=O) groups excluding carboxylic acids is 1. The second kappa shape index (κ2) is 8.07. The van der Waals surface area contributed by atoms with Gasteiger partial charge in [-0.05, 0) is 67.3 Å². The number of hydrogen-bond acceptors (Lipinski definition) is 3. The highest BCUT2D eigenvalue weighted by Crippen LogP contribution is 2.45. The van der Waals surface area contributed by atoms with Crippen LogP contribution in [0.15, 0.2) is 36.4 Å². The van der Waals surface area contributed by atoms with E-state index in [4.69, 9.17) is 11.6 Å². The number of nitrogens with zero attached hydrogens (tertiary/aromatic N) is 1. The van der Waals surface area contributed by atoms with Crippen LogP contribution >= 0.6 is 23.4 Å². The van der Waals surface area contributed by atoms with Crippen LogP contribution in [0.1, 0.15) is 34.6 Å². The molecule has 1 fully saturated rings. The smallest absolute Gasteiger partial charge is 0.387 e. The van der Waals surface area contributed by atoms with Crippen molar-refractivity contribution in [2.24, 2.45) is 0 Å². The van der Waals surface area contributed by atoms with E-state index in [2.05, 4.69) is 4.74 Å². The van der Waals surface area contributed by atoms with Gasteiger partial charge in [-0.15, -0.1) is 11.8 Å². The third-order valence-corrected chi connectivity index (χ3v) is 6.13. The molecule has 3 rings (SSSR count). The summed E-state index contributed by atoms with van der Waals surface area (Å²) in [5, 5.41) is 0.299. The topological polar surface area (TPSA) is 29.5 Å². The van der Waals surface area contributed by atoms with Crippen LogP contribution in [-0.2, 0) is 11.3 Å². The fourth-order valence-corrected chi connectivity index (χ4v) is 4.66. The normalized spacial score (nSPS) is 19.8. The molecule has 1 aliphatic rings. The van der Waals surface area contributed by atoms with Gasteiger partial charge < -0.3 is 9.64 Å². The Morgan fingerprint density at radius 3 is 2.33 bits per heavy atom. The molecular formula is C20H20ClF2NO2S. The molecule has 0 aliphatic carbocycles. The van der Waals surface area contributed by atoms with Gasteiger partial charge in [-0.25, -0.2) is 0 Å². The Balaban J connectivity index is 1.91. The summed E-state index contributed by atoms with van der Waals surface area (Å²) in [6.45, 7) is 2.96. The molecule has 3 nitrogen and oxygen atoms in total. The van der Waals surface area contributed by atoms with E-state index >= 15 is 0 Å². The van der Waals surface area contributed by atoms with Gasteiger partial charge in [0.05, 0.1) is 5.25 Å². The summed E-state index contributed by atoms with van der Waals surface area (Å²) >= 11 is 7.50. The van der Waals surface area contributed by atoms with Gasteiger partial charge in [-0.1, -0.05) is 23.7 Å². The quantitative estimate of drug-likeness (QED) is 0.630. The van der Waals surface area contributed by atoms with E-state index in [0.717, 1.165) is 11.1 Å². The molecule has 0 saturated carbocycles. The van der Waals surface area contributed by atoms with Crippen LogP contribution in [0.3, 0.4) is 0 Å². The molecular weight excluding hydrogens is 392 g/mol. The molecule has 7 heteroatoms. The lowest BCUT2D eigenvalue weighted by molar-refractivity contribution is -0.130. The van der Waals surface area contributed by atoms with Crippen LogP contribution in [0.2, 0.25) is 5.02 Å². The molecule has 1 heterocycles. The zero-order chi connectivity index (χ0) is 19.7. The maximum absolute atomic E-state index is 12.7. The van der Waals surface area contributed by atoms with Crippen LogP contribution in [0, 0.1) is 13.8 Å². The van der Waals surface area contributed by atoms with Gasteiger partial charge >= 0.3 is 6.61 Å². The Labute approximate surface area is 166 Å². The number of ether oxygens (including phenoxy) is 1. The number of alkyl halides is 2. The Kier molecular flexibility index (Phi) is 5.96. The van der Waals surface area contributed by atoms with Crippen LogP contribution < -0.4 is 4.74 Å². The van der Waals surface area contributed by atoms with Crippen molar-refractivity contribution in [3.63, 3.8) is 0 Å². The number of aryl methyl sites for hydroxylation is 2. The van der Waals surface area contributed by atoms with E-state index < -0.39 is 6.61 Å². The monoisotopic (exact) mass is 411 g/mol. The van der Waals surface area contributed by atoms with Gasteiger partial charge in [0.1, 0.15) is 11.1 Å². The maximum Gasteiger partial charge on any atom is 0.387 e. The highest BCUT2D eigenvalue weighted by atomic mass is 35.5. The van der Waals surface area contributed by atoms with Gasteiger partial charge in [0.25, 0.3) is 0 Å². The lowest BCUT2D eigenvalue weighted by atomic mass is 10.0. The molecule has 27 heavy (non-hydrogen) atoms. The first kappa shape index (κ1) is 20.0. The minimum atomic E-state index is -2.86. The number of carbonyl (C=O) groups is 1. The van der Waals surface area contributed by atoms with E-state index in [1.54, 1.807) is 37.7 Å². The number of amides is 1. The van der Waals surface area contributed by atoms with Crippen LogP contribution in [0.5, 0.6) is 5.75 Å². The number of halogens is 3. The minimum absolute atomic E-state index is 0.0585. The maximum atomic E-state index is 12.7. The Morgan fingerprint density at radius 2 is 1.78 bits per heavy atom. The molecule has 2 aromatic carbocycles. The summed E-state index contributed by atoms with van der Waals surface area (Å²) in [5.74, 6) is 0.253. The van der Waals surface area contributed by atoms with Crippen molar-refractivity contribution >= 4 is 29.3 Å². The SMILES string of the molecule is Cc1cc([C@H]2S[C@H](C)C(=O)N2Cc2ccc(Cl)cc2)cc(C)c1OC(F)F. The summed E-state index contributed by atoms with van der Waals surface area (Å²) < 4.78 is 29.9. The molecule has 2 atom stereocenters. The van der Waals surface area contributed by atoms with Crippen molar-refractivity contribution in [3.8, 4) is 5.75 Å². The molecule has 0 unspecified atom stereocenters. The second-order valence-electron chi connectivity index (χ2n) is 6.59. The van der Waals surface area contributed by atoms with Crippen LogP contribution in [0.25, 0.3) is 0 Å². The molecule has 144 valence electrons. The average molecular weight is 412 g/mol. The highest BCUT2D eigenvalue weighted by Gasteiger charge is 2.38. The van der Waals surface area contributed by atoms with E-state index in [0.29, 0.717) is 22.7 Å². The fraction of sp³-hybridized carbons (Fsp3) is 0.350.